The second-order valence-electron chi connectivity index (χ2n) is 3.42. The predicted molar refractivity (Wildman–Crippen MR) is 64.9 cm³/mol. The van der Waals surface area contributed by atoms with E-state index in [2.05, 4.69) is 11.8 Å². The number of aryl methyl sites for hydroxylation is 1. The van der Waals surface area contributed by atoms with Gasteiger partial charge in [0.2, 0.25) is 0 Å². The average Bonchev–Trinajstić information content (AvgIpc) is 2.28. The molecule has 0 heterocycles. The van der Waals surface area contributed by atoms with Crippen molar-refractivity contribution in [2.45, 2.75) is 19.8 Å². The van der Waals surface area contributed by atoms with Crippen LogP contribution in [0.2, 0.25) is 0 Å². The molecule has 0 aliphatic carbocycles. The molecule has 0 aromatic heterocycles. The zero-order valence-electron chi connectivity index (χ0n) is 9.47. The first-order valence-electron chi connectivity index (χ1n) is 5.20. The fraction of sp³-hybridized carbons (Fsp3) is 0.385. The second kappa shape index (κ2) is 7.13. The van der Waals surface area contributed by atoms with Crippen molar-refractivity contribution in [1.82, 2.24) is 0 Å². The van der Waals surface area contributed by atoms with Crippen LogP contribution in [0.5, 0.6) is 5.75 Å². The Hall–Kier alpha value is -1.27. The third-order valence-electron chi connectivity index (χ3n) is 1.99. The highest BCUT2D eigenvalue weighted by atomic mass is 35.5. The number of rotatable bonds is 4. The fourth-order valence-corrected chi connectivity index (χ4v) is 1.35. The van der Waals surface area contributed by atoms with Crippen molar-refractivity contribution >= 4 is 11.6 Å². The van der Waals surface area contributed by atoms with Crippen LogP contribution in [0.4, 0.5) is 8.78 Å². The molecule has 0 fully saturated rings. The summed E-state index contributed by atoms with van der Waals surface area (Å²) in [7, 11) is 0. The lowest BCUT2D eigenvalue weighted by Crippen LogP contribution is -2.07. The third kappa shape index (κ3) is 5.06. The number of halogens is 3. The number of hydrogen-bond acceptors (Lipinski definition) is 1. The van der Waals surface area contributed by atoms with E-state index in [1.165, 1.54) is 0 Å². The molecule has 0 aliphatic heterocycles. The Morgan fingerprint density at radius 3 is 2.76 bits per heavy atom. The zero-order chi connectivity index (χ0) is 12.7. The minimum Gasteiger partial charge on any atom is -0.487 e. The Bertz CT molecular complexity index is 421. The number of ether oxygens (including phenoxy) is 1. The summed E-state index contributed by atoms with van der Waals surface area (Å²) in [5, 5.41) is 0. The van der Waals surface area contributed by atoms with E-state index in [0.717, 1.165) is 11.1 Å². The molecule has 0 aliphatic rings. The average molecular weight is 259 g/mol. The van der Waals surface area contributed by atoms with E-state index in [1.807, 2.05) is 6.07 Å². The molecule has 1 aromatic carbocycles. The lowest BCUT2D eigenvalue weighted by molar-refractivity contribution is 0.0816. The van der Waals surface area contributed by atoms with Gasteiger partial charge in [-0.3, -0.25) is 0 Å². The van der Waals surface area contributed by atoms with Crippen molar-refractivity contribution in [2.24, 2.45) is 0 Å². The lowest BCUT2D eigenvalue weighted by atomic mass is 10.1. The lowest BCUT2D eigenvalue weighted by Gasteiger charge is -2.08. The molecule has 0 unspecified atom stereocenters. The summed E-state index contributed by atoms with van der Waals surface area (Å²) in [6.07, 6.45) is -1.83. The van der Waals surface area contributed by atoms with Crippen LogP contribution in [0, 0.1) is 18.8 Å². The first-order valence-corrected chi connectivity index (χ1v) is 5.73. The minimum absolute atomic E-state index is 0.466. The molecule has 0 N–H and O–H groups in total. The highest BCUT2D eigenvalue weighted by molar-refractivity contribution is 6.18. The standard InChI is InChI=1S/C13H13ClF2O/c1-10-8-11(4-2-3-7-14)5-6-12(10)17-9-13(15)16/h5-6,8,13H,3,7,9H2,1H3. The van der Waals surface area contributed by atoms with Gasteiger partial charge in [0.25, 0.3) is 6.43 Å². The van der Waals surface area contributed by atoms with E-state index >= 15 is 0 Å². The summed E-state index contributed by atoms with van der Waals surface area (Å²) in [6.45, 7) is 1.21. The fourth-order valence-electron chi connectivity index (χ4n) is 1.25. The van der Waals surface area contributed by atoms with Gasteiger partial charge in [0.05, 0.1) is 0 Å². The second-order valence-corrected chi connectivity index (χ2v) is 3.80. The van der Waals surface area contributed by atoms with Crippen molar-refractivity contribution in [1.29, 1.82) is 0 Å². The largest absolute Gasteiger partial charge is 0.487 e. The Kier molecular flexibility index (Phi) is 5.79. The smallest absolute Gasteiger partial charge is 0.272 e. The molecule has 0 saturated heterocycles. The van der Waals surface area contributed by atoms with Crippen molar-refractivity contribution < 1.29 is 13.5 Å². The molecule has 92 valence electrons. The van der Waals surface area contributed by atoms with Gasteiger partial charge >= 0.3 is 0 Å². The van der Waals surface area contributed by atoms with E-state index < -0.39 is 13.0 Å². The first-order chi connectivity index (χ1) is 8.13. The van der Waals surface area contributed by atoms with Crippen LogP contribution >= 0.6 is 11.6 Å². The molecule has 1 aromatic rings. The molecule has 0 radical (unpaired) electrons. The Labute approximate surface area is 105 Å². The normalized spacial score (nSPS) is 9.94. The molecular formula is C13H13ClF2O. The number of benzene rings is 1. The Morgan fingerprint density at radius 1 is 1.41 bits per heavy atom. The maximum Gasteiger partial charge on any atom is 0.272 e. The SMILES string of the molecule is Cc1cc(C#CCCCl)ccc1OCC(F)F. The summed E-state index contributed by atoms with van der Waals surface area (Å²) in [4.78, 5) is 0. The monoisotopic (exact) mass is 258 g/mol. The van der Waals surface area contributed by atoms with Gasteiger partial charge in [0.15, 0.2) is 0 Å². The summed E-state index contributed by atoms with van der Waals surface area (Å²) in [5.74, 6) is 6.81. The van der Waals surface area contributed by atoms with Crippen LogP contribution < -0.4 is 4.74 Å². The Morgan fingerprint density at radius 2 is 2.18 bits per heavy atom. The molecule has 0 bridgehead atoms. The molecule has 1 nitrogen and oxygen atoms in total. The van der Waals surface area contributed by atoms with E-state index in [0.29, 0.717) is 18.1 Å². The first kappa shape index (κ1) is 13.8. The highest BCUT2D eigenvalue weighted by Crippen LogP contribution is 2.19. The summed E-state index contributed by atoms with van der Waals surface area (Å²) in [6, 6.07) is 5.21. The quantitative estimate of drug-likeness (QED) is 0.592. The van der Waals surface area contributed by atoms with Crippen LogP contribution in [-0.2, 0) is 0 Å². The van der Waals surface area contributed by atoms with Crippen molar-refractivity contribution in [3.8, 4) is 17.6 Å². The predicted octanol–water partition coefficient (Wildman–Crippen LogP) is 3.62. The maximum absolute atomic E-state index is 12.0. The van der Waals surface area contributed by atoms with Crippen LogP contribution in [0.15, 0.2) is 18.2 Å². The van der Waals surface area contributed by atoms with Crippen LogP contribution in [0.25, 0.3) is 0 Å². The van der Waals surface area contributed by atoms with Gasteiger partial charge in [-0.05, 0) is 30.7 Å². The summed E-state index contributed by atoms with van der Waals surface area (Å²) in [5.41, 5.74) is 1.63. The van der Waals surface area contributed by atoms with Gasteiger partial charge in [-0.2, -0.15) is 0 Å². The molecular weight excluding hydrogens is 246 g/mol. The van der Waals surface area contributed by atoms with E-state index in [1.54, 1.807) is 19.1 Å². The van der Waals surface area contributed by atoms with E-state index in [4.69, 9.17) is 16.3 Å². The molecule has 17 heavy (non-hydrogen) atoms. The third-order valence-corrected chi connectivity index (χ3v) is 2.18. The molecule has 0 atom stereocenters. The molecule has 0 spiro atoms. The van der Waals surface area contributed by atoms with E-state index in [9.17, 15) is 8.78 Å². The molecule has 1 rings (SSSR count). The summed E-state index contributed by atoms with van der Waals surface area (Å²) >= 11 is 5.50. The van der Waals surface area contributed by atoms with Gasteiger partial charge < -0.3 is 4.74 Å². The van der Waals surface area contributed by atoms with Crippen molar-refractivity contribution in [2.75, 3.05) is 12.5 Å². The molecule has 0 amide bonds. The number of hydrogen-bond donors (Lipinski definition) is 0. The van der Waals surface area contributed by atoms with Crippen molar-refractivity contribution in [3.63, 3.8) is 0 Å². The van der Waals surface area contributed by atoms with Gasteiger partial charge in [-0.25, -0.2) is 8.78 Å². The van der Waals surface area contributed by atoms with Crippen LogP contribution in [0.1, 0.15) is 17.5 Å². The molecule has 0 saturated carbocycles. The van der Waals surface area contributed by atoms with Crippen molar-refractivity contribution in [3.05, 3.63) is 29.3 Å². The minimum atomic E-state index is -2.46. The number of alkyl halides is 3. The van der Waals surface area contributed by atoms with Crippen LogP contribution in [-0.4, -0.2) is 18.9 Å². The zero-order valence-corrected chi connectivity index (χ0v) is 10.2. The van der Waals surface area contributed by atoms with Gasteiger partial charge in [0, 0.05) is 17.9 Å². The molecule has 4 heteroatoms. The van der Waals surface area contributed by atoms with Gasteiger partial charge in [0.1, 0.15) is 12.4 Å². The topological polar surface area (TPSA) is 9.23 Å². The Balaban J connectivity index is 2.70. The maximum atomic E-state index is 12.0. The van der Waals surface area contributed by atoms with Gasteiger partial charge in [-0.1, -0.05) is 11.8 Å². The summed E-state index contributed by atoms with van der Waals surface area (Å²) < 4.78 is 28.9. The highest BCUT2D eigenvalue weighted by Gasteiger charge is 2.05. The van der Waals surface area contributed by atoms with Crippen LogP contribution in [0.3, 0.4) is 0 Å². The van der Waals surface area contributed by atoms with Gasteiger partial charge in [-0.15, -0.1) is 11.6 Å². The van der Waals surface area contributed by atoms with E-state index in [-0.39, 0.29) is 0 Å².